The van der Waals surface area contributed by atoms with E-state index in [1.165, 1.54) is 6.21 Å². The highest BCUT2D eigenvalue weighted by Gasteiger charge is 2.02. The third-order valence-corrected chi connectivity index (χ3v) is 2.04. The molecule has 0 saturated carbocycles. The van der Waals surface area contributed by atoms with Gasteiger partial charge in [0, 0.05) is 11.1 Å². The fourth-order valence-electron chi connectivity index (χ4n) is 1.11. The lowest BCUT2D eigenvalue weighted by molar-refractivity contribution is -0.126. The molecule has 0 spiro atoms. The molecule has 1 aromatic rings. The molecule has 1 N–H and O–H groups in total. The van der Waals surface area contributed by atoms with Crippen LogP contribution < -0.4 is 5.32 Å². The standard InChI is InChI=1S/C12H15ClN2O2/c1-9(2)15-12(16)8-17-14-7-10-3-5-11(13)6-4-10/h3-7,9H,8H2,1-2H3,(H,15,16)/b14-7+. The minimum atomic E-state index is -0.187. The van der Waals surface area contributed by atoms with Crippen molar-refractivity contribution in [2.24, 2.45) is 5.16 Å². The quantitative estimate of drug-likeness (QED) is 0.647. The molecule has 0 radical (unpaired) electrons. The normalized spacial score (nSPS) is 10.8. The third kappa shape index (κ3) is 5.92. The SMILES string of the molecule is CC(C)NC(=O)CO/N=C/c1ccc(Cl)cc1. The molecule has 1 aromatic carbocycles. The number of rotatable bonds is 5. The van der Waals surface area contributed by atoms with Crippen molar-refractivity contribution in [3.8, 4) is 0 Å². The predicted octanol–water partition coefficient (Wildman–Crippen LogP) is 2.22. The van der Waals surface area contributed by atoms with Crippen molar-refractivity contribution in [2.45, 2.75) is 19.9 Å². The van der Waals surface area contributed by atoms with E-state index < -0.39 is 0 Å². The van der Waals surface area contributed by atoms with Gasteiger partial charge < -0.3 is 10.2 Å². The second-order valence-electron chi connectivity index (χ2n) is 3.78. The Kier molecular flexibility index (Phi) is 5.49. The number of carbonyl (C=O) groups excluding carboxylic acids is 1. The molecule has 0 saturated heterocycles. The molecule has 0 aliphatic rings. The first-order chi connectivity index (χ1) is 8.08. The minimum absolute atomic E-state index is 0.0811. The van der Waals surface area contributed by atoms with E-state index in [2.05, 4.69) is 10.5 Å². The Morgan fingerprint density at radius 2 is 2.12 bits per heavy atom. The number of hydrogen-bond donors (Lipinski definition) is 1. The van der Waals surface area contributed by atoms with Gasteiger partial charge in [-0.1, -0.05) is 28.9 Å². The van der Waals surface area contributed by atoms with E-state index in [1.54, 1.807) is 12.1 Å². The van der Waals surface area contributed by atoms with Gasteiger partial charge >= 0.3 is 0 Å². The van der Waals surface area contributed by atoms with Crippen molar-refractivity contribution in [3.63, 3.8) is 0 Å². The summed E-state index contributed by atoms with van der Waals surface area (Å²) in [6, 6.07) is 7.24. The molecule has 0 atom stereocenters. The average molecular weight is 255 g/mol. The monoisotopic (exact) mass is 254 g/mol. The fraction of sp³-hybridized carbons (Fsp3) is 0.333. The van der Waals surface area contributed by atoms with Gasteiger partial charge in [-0.25, -0.2) is 0 Å². The first-order valence-electron chi connectivity index (χ1n) is 5.28. The van der Waals surface area contributed by atoms with Crippen LogP contribution in [-0.2, 0) is 9.63 Å². The lowest BCUT2D eigenvalue weighted by atomic mass is 10.2. The maximum atomic E-state index is 11.2. The average Bonchev–Trinajstić information content (AvgIpc) is 2.26. The zero-order valence-electron chi connectivity index (χ0n) is 9.81. The van der Waals surface area contributed by atoms with Gasteiger partial charge in [-0.15, -0.1) is 0 Å². The highest BCUT2D eigenvalue weighted by atomic mass is 35.5. The van der Waals surface area contributed by atoms with Crippen LogP contribution in [0.3, 0.4) is 0 Å². The number of nitrogens with zero attached hydrogens (tertiary/aromatic N) is 1. The van der Waals surface area contributed by atoms with Crippen LogP contribution in [0.2, 0.25) is 5.02 Å². The summed E-state index contributed by atoms with van der Waals surface area (Å²) in [4.78, 5) is 16.0. The Labute approximate surface area is 106 Å². The van der Waals surface area contributed by atoms with E-state index in [9.17, 15) is 4.79 Å². The summed E-state index contributed by atoms with van der Waals surface area (Å²) >= 11 is 5.73. The summed E-state index contributed by atoms with van der Waals surface area (Å²) in [6.45, 7) is 3.69. The molecule has 0 heterocycles. The van der Waals surface area contributed by atoms with Crippen LogP contribution in [0.15, 0.2) is 29.4 Å². The lowest BCUT2D eigenvalue weighted by Crippen LogP contribution is -2.32. The molecule has 0 unspecified atom stereocenters. The molecule has 4 nitrogen and oxygen atoms in total. The molecule has 0 aliphatic heterocycles. The number of benzene rings is 1. The highest BCUT2D eigenvalue weighted by Crippen LogP contribution is 2.07. The van der Waals surface area contributed by atoms with E-state index in [4.69, 9.17) is 16.4 Å². The molecule has 0 bridgehead atoms. The maximum Gasteiger partial charge on any atom is 0.260 e. The van der Waals surface area contributed by atoms with Crippen molar-refractivity contribution in [3.05, 3.63) is 34.9 Å². The van der Waals surface area contributed by atoms with Crippen LogP contribution in [0.1, 0.15) is 19.4 Å². The molecule has 92 valence electrons. The Morgan fingerprint density at radius 3 is 2.71 bits per heavy atom. The van der Waals surface area contributed by atoms with Crippen molar-refractivity contribution >= 4 is 23.7 Å². The van der Waals surface area contributed by atoms with Gasteiger partial charge in [0.1, 0.15) is 0 Å². The van der Waals surface area contributed by atoms with E-state index in [0.717, 1.165) is 5.56 Å². The van der Waals surface area contributed by atoms with Crippen LogP contribution in [0.25, 0.3) is 0 Å². The number of hydrogen-bond acceptors (Lipinski definition) is 3. The zero-order chi connectivity index (χ0) is 12.7. The molecule has 17 heavy (non-hydrogen) atoms. The smallest absolute Gasteiger partial charge is 0.260 e. The van der Waals surface area contributed by atoms with E-state index in [1.807, 2.05) is 26.0 Å². The van der Waals surface area contributed by atoms with Gasteiger partial charge in [-0.05, 0) is 31.5 Å². The van der Waals surface area contributed by atoms with Gasteiger partial charge in [0.15, 0.2) is 6.61 Å². The molecule has 0 fully saturated rings. The molecule has 5 heteroatoms. The third-order valence-electron chi connectivity index (χ3n) is 1.79. The fourth-order valence-corrected chi connectivity index (χ4v) is 1.23. The number of halogens is 1. The van der Waals surface area contributed by atoms with Crippen LogP contribution >= 0.6 is 11.6 Å². The lowest BCUT2D eigenvalue weighted by Gasteiger charge is -2.06. The van der Waals surface area contributed by atoms with Gasteiger partial charge in [-0.3, -0.25) is 4.79 Å². The summed E-state index contributed by atoms with van der Waals surface area (Å²) in [5.74, 6) is -0.187. The topological polar surface area (TPSA) is 50.7 Å². The summed E-state index contributed by atoms with van der Waals surface area (Å²) in [7, 11) is 0. The van der Waals surface area contributed by atoms with E-state index in [-0.39, 0.29) is 18.6 Å². The maximum absolute atomic E-state index is 11.2. The number of carbonyl (C=O) groups is 1. The van der Waals surface area contributed by atoms with Gasteiger partial charge in [0.2, 0.25) is 0 Å². The molecular formula is C12H15ClN2O2. The summed E-state index contributed by atoms with van der Waals surface area (Å²) in [5, 5.41) is 7.05. The molecule has 1 amide bonds. The first kappa shape index (κ1) is 13.5. The summed E-state index contributed by atoms with van der Waals surface area (Å²) in [6.07, 6.45) is 1.53. The molecular weight excluding hydrogens is 240 g/mol. The van der Waals surface area contributed by atoms with E-state index >= 15 is 0 Å². The minimum Gasteiger partial charge on any atom is -0.386 e. The van der Waals surface area contributed by atoms with Crippen molar-refractivity contribution < 1.29 is 9.63 Å². The van der Waals surface area contributed by atoms with E-state index in [0.29, 0.717) is 5.02 Å². The largest absolute Gasteiger partial charge is 0.386 e. The van der Waals surface area contributed by atoms with Crippen LogP contribution in [0, 0.1) is 0 Å². The molecule has 1 rings (SSSR count). The van der Waals surface area contributed by atoms with Crippen molar-refractivity contribution in [1.29, 1.82) is 0 Å². The second kappa shape index (κ2) is 6.91. The number of nitrogens with one attached hydrogen (secondary N) is 1. The second-order valence-corrected chi connectivity index (χ2v) is 4.22. The highest BCUT2D eigenvalue weighted by molar-refractivity contribution is 6.30. The zero-order valence-corrected chi connectivity index (χ0v) is 10.6. The predicted molar refractivity (Wildman–Crippen MR) is 68.3 cm³/mol. The van der Waals surface area contributed by atoms with Crippen molar-refractivity contribution in [2.75, 3.05) is 6.61 Å². The number of oxime groups is 1. The first-order valence-corrected chi connectivity index (χ1v) is 5.66. The van der Waals surface area contributed by atoms with Crippen LogP contribution in [-0.4, -0.2) is 24.8 Å². The Morgan fingerprint density at radius 1 is 1.47 bits per heavy atom. The Bertz CT molecular complexity index is 388. The van der Waals surface area contributed by atoms with Gasteiger partial charge in [0.05, 0.1) is 6.21 Å². The van der Waals surface area contributed by atoms with Gasteiger partial charge in [0.25, 0.3) is 5.91 Å². The summed E-state index contributed by atoms with van der Waals surface area (Å²) in [5.41, 5.74) is 0.860. The Hall–Kier alpha value is -1.55. The van der Waals surface area contributed by atoms with Crippen LogP contribution in [0.5, 0.6) is 0 Å². The molecule has 0 aliphatic carbocycles. The van der Waals surface area contributed by atoms with Gasteiger partial charge in [-0.2, -0.15) is 0 Å². The molecule has 0 aromatic heterocycles. The van der Waals surface area contributed by atoms with Crippen molar-refractivity contribution in [1.82, 2.24) is 5.32 Å². The summed E-state index contributed by atoms with van der Waals surface area (Å²) < 4.78 is 0. The number of amides is 1. The Balaban J connectivity index is 2.31. The van der Waals surface area contributed by atoms with Crippen LogP contribution in [0.4, 0.5) is 0 Å².